The van der Waals surface area contributed by atoms with Gasteiger partial charge in [0.25, 0.3) is 5.91 Å². The molecule has 0 radical (unpaired) electrons. The minimum atomic E-state index is -0.605. The molecule has 92 valence electrons. The number of nitrogens with one attached hydrogen (secondary N) is 2. The Balaban J connectivity index is 2.26. The third-order valence-corrected chi connectivity index (χ3v) is 2.04. The Kier molecular flexibility index (Phi) is 3.37. The molecule has 2 aromatic rings. The highest BCUT2D eigenvalue weighted by atomic mass is 19.1. The van der Waals surface area contributed by atoms with Gasteiger partial charge in [0.05, 0.1) is 24.2 Å². The highest BCUT2D eigenvalue weighted by Gasteiger charge is 2.14. The number of hydrogen-bond acceptors (Lipinski definition) is 6. The van der Waals surface area contributed by atoms with Crippen LogP contribution in [0.15, 0.2) is 24.7 Å². The summed E-state index contributed by atoms with van der Waals surface area (Å²) in [7, 11) is 1.58. The molecule has 18 heavy (non-hydrogen) atoms. The lowest BCUT2D eigenvalue weighted by atomic mass is 10.2. The first-order valence-corrected chi connectivity index (χ1v) is 4.99. The van der Waals surface area contributed by atoms with E-state index in [1.807, 2.05) is 0 Å². The summed E-state index contributed by atoms with van der Waals surface area (Å²) in [6, 6.07) is 1.07. The van der Waals surface area contributed by atoms with E-state index in [9.17, 15) is 9.18 Å². The van der Waals surface area contributed by atoms with Crippen LogP contribution in [0.4, 0.5) is 16.2 Å². The van der Waals surface area contributed by atoms with E-state index in [4.69, 9.17) is 0 Å². The van der Waals surface area contributed by atoms with Gasteiger partial charge in [-0.15, -0.1) is 5.10 Å². The van der Waals surface area contributed by atoms with Gasteiger partial charge in [-0.1, -0.05) is 0 Å². The molecule has 0 atom stereocenters. The van der Waals surface area contributed by atoms with E-state index in [0.717, 1.165) is 12.3 Å². The van der Waals surface area contributed by atoms with Gasteiger partial charge < -0.3 is 5.32 Å². The lowest BCUT2D eigenvalue weighted by molar-refractivity contribution is 0.102. The summed E-state index contributed by atoms with van der Waals surface area (Å²) in [5.41, 5.74) is 0.0601. The van der Waals surface area contributed by atoms with E-state index >= 15 is 0 Å². The monoisotopic (exact) mass is 248 g/mol. The van der Waals surface area contributed by atoms with Crippen molar-refractivity contribution >= 4 is 17.7 Å². The molecule has 0 aliphatic rings. The summed E-state index contributed by atoms with van der Waals surface area (Å²) in [6.07, 6.45) is 3.77. The maximum atomic E-state index is 13.1. The molecular formula is C10H9FN6O. The molecule has 2 heterocycles. The fourth-order valence-electron chi connectivity index (χ4n) is 1.29. The second-order valence-corrected chi connectivity index (χ2v) is 3.22. The molecule has 2 N–H and O–H groups in total. The Morgan fingerprint density at radius 2 is 2.17 bits per heavy atom. The molecule has 0 saturated carbocycles. The fourth-order valence-corrected chi connectivity index (χ4v) is 1.29. The number of pyridine rings is 1. The highest BCUT2D eigenvalue weighted by Crippen LogP contribution is 2.14. The normalized spacial score (nSPS) is 9.89. The Bertz CT molecular complexity index is 562. The van der Waals surface area contributed by atoms with Crippen LogP contribution in [-0.2, 0) is 0 Å². The van der Waals surface area contributed by atoms with Gasteiger partial charge >= 0.3 is 0 Å². The predicted molar refractivity (Wildman–Crippen MR) is 61.5 cm³/mol. The summed E-state index contributed by atoms with van der Waals surface area (Å²) < 4.78 is 13.1. The van der Waals surface area contributed by atoms with Gasteiger partial charge in [0.2, 0.25) is 5.95 Å². The Morgan fingerprint density at radius 3 is 2.83 bits per heavy atom. The zero-order valence-corrected chi connectivity index (χ0v) is 9.38. The summed E-state index contributed by atoms with van der Waals surface area (Å²) in [5.74, 6) is -0.878. The van der Waals surface area contributed by atoms with Crippen molar-refractivity contribution in [3.05, 3.63) is 36.0 Å². The summed E-state index contributed by atoms with van der Waals surface area (Å²) in [5, 5.41) is 12.2. The smallest absolute Gasteiger partial charge is 0.261 e. The zero-order chi connectivity index (χ0) is 13.0. The molecule has 7 nitrogen and oxygen atoms in total. The molecular weight excluding hydrogens is 239 g/mol. The van der Waals surface area contributed by atoms with Gasteiger partial charge in [-0.05, 0) is 6.07 Å². The third kappa shape index (κ3) is 2.54. The van der Waals surface area contributed by atoms with Crippen molar-refractivity contribution in [2.24, 2.45) is 0 Å². The number of aromatic nitrogens is 4. The standard InChI is InChI=1S/C10H9FN6O/c1-12-8-7(4-6(11)5-14-8)9(18)16-10-13-2-3-15-17-10/h2-5H,1H3,(H,12,14)(H,13,16,17,18). The van der Waals surface area contributed by atoms with Crippen molar-refractivity contribution < 1.29 is 9.18 Å². The maximum absolute atomic E-state index is 13.1. The second kappa shape index (κ2) is 5.13. The second-order valence-electron chi connectivity index (χ2n) is 3.22. The van der Waals surface area contributed by atoms with Crippen molar-refractivity contribution in [2.75, 3.05) is 17.7 Å². The van der Waals surface area contributed by atoms with Crippen LogP contribution >= 0.6 is 0 Å². The van der Waals surface area contributed by atoms with Gasteiger partial charge in [-0.25, -0.2) is 14.4 Å². The van der Waals surface area contributed by atoms with Crippen LogP contribution in [0.2, 0.25) is 0 Å². The molecule has 0 aliphatic carbocycles. The molecule has 8 heteroatoms. The Labute approximate surface area is 101 Å². The minimum Gasteiger partial charge on any atom is -0.372 e. The van der Waals surface area contributed by atoms with Crippen molar-refractivity contribution in [1.82, 2.24) is 20.2 Å². The number of anilines is 2. The molecule has 0 unspecified atom stereocenters. The lowest BCUT2D eigenvalue weighted by Gasteiger charge is -2.07. The quantitative estimate of drug-likeness (QED) is 0.830. The number of halogens is 1. The van der Waals surface area contributed by atoms with Gasteiger partial charge in [0.1, 0.15) is 11.6 Å². The number of amides is 1. The molecule has 0 saturated heterocycles. The molecule has 0 fully saturated rings. The van der Waals surface area contributed by atoms with E-state index in [1.165, 1.54) is 12.4 Å². The third-order valence-electron chi connectivity index (χ3n) is 2.04. The van der Waals surface area contributed by atoms with Gasteiger partial charge in [-0.3, -0.25) is 10.1 Å². The molecule has 1 amide bonds. The Hall–Kier alpha value is -2.64. The highest BCUT2D eigenvalue weighted by molar-refractivity contribution is 6.06. The minimum absolute atomic E-state index is 0.0359. The predicted octanol–water partition coefficient (Wildman–Crippen LogP) is 0.700. The summed E-state index contributed by atoms with van der Waals surface area (Å²) in [6.45, 7) is 0. The molecule has 0 aromatic carbocycles. The van der Waals surface area contributed by atoms with E-state index in [1.54, 1.807) is 7.05 Å². The van der Waals surface area contributed by atoms with Crippen LogP contribution in [0, 0.1) is 5.82 Å². The number of carbonyl (C=O) groups excluding carboxylic acids is 1. The van der Waals surface area contributed by atoms with Gasteiger partial charge in [-0.2, -0.15) is 5.10 Å². The lowest BCUT2D eigenvalue weighted by Crippen LogP contribution is -2.17. The first kappa shape index (κ1) is 11.8. The average Bonchev–Trinajstić information content (AvgIpc) is 2.40. The zero-order valence-electron chi connectivity index (χ0n) is 9.38. The topological polar surface area (TPSA) is 92.7 Å². The maximum Gasteiger partial charge on any atom is 0.261 e. The molecule has 0 bridgehead atoms. The van der Waals surface area contributed by atoms with Crippen LogP contribution in [-0.4, -0.2) is 33.1 Å². The van der Waals surface area contributed by atoms with E-state index in [2.05, 4.69) is 30.8 Å². The number of nitrogens with zero attached hydrogens (tertiary/aromatic N) is 4. The molecule has 2 aromatic heterocycles. The van der Waals surface area contributed by atoms with Gasteiger partial charge in [0, 0.05) is 7.05 Å². The fraction of sp³-hybridized carbons (Fsp3) is 0.100. The van der Waals surface area contributed by atoms with E-state index in [0.29, 0.717) is 0 Å². The Morgan fingerprint density at radius 1 is 1.33 bits per heavy atom. The average molecular weight is 248 g/mol. The van der Waals surface area contributed by atoms with E-state index in [-0.39, 0.29) is 17.3 Å². The SMILES string of the molecule is CNc1ncc(F)cc1C(=O)Nc1nccnn1. The van der Waals surface area contributed by atoms with Crippen LogP contribution in [0.1, 0.15) is 10.4 Å². The number of carbonyl (C=O) groups is 1. The molecule has 0 aliphatic heterocycles. The van der Waals surface area contributed by atoms with Crippen LogP contribution in [0.3, 0.4) is 0 Å². The van der Waals surface area contributed by atoms with Crippen molar-refractivity contribution in [3.8, 4) is 0 Å². The van der Waals surface area contributed by atoms with Crippen molar-refractivity contribution in [1.29, 1.82) is 0 Å². The summed E-state index contributed by atoms with van der Waals surface area (Å²) in [4.78, 5) is 19.4. The summed E-state index contributed by atoms with van der Waals surface area (Å²) >= 11 is 0. The van der Waals surface area contributed by atoms with E-state index < -0.39 is 11.7 Å². The number of hydrogen-bond donors (Lipinski definition) is 2. The largest absolute Gasteiger partial charge is 0.372 e. The van der Waals surface area contributed by atoms with Crippen LogP contribution in [0.5, 0.6) is 0 Å². The van der Waals surface area contributed by atoms with Gasteiger partial charge in [0.15, 0.2) is 0 Å². The molecule has 2 rings (SSSR count). The first-order valence-electron chi connectivity index (χ1n) is 4.99. The van der Waals surface area contributed by atoms with Crippen LogP contribution < -0.4 is 10.6 Å². The number of rotatable bonds is 3. The van der Waals surface area contributed by atoms with Crippen LogP contribution in [0.25, 0.3) is 0 Å². The van der Waals surface area contributed by atoms with Crippen molar-refractivity contribution in [3.63, 3.8) is 0 Å². The molecule has 0 spiro atoms. The van der Waals surface area contributed by atoms with Crippen molar-refractivity contribution in [2.45, 2.75) is 0 Å². The first-order chi connectivity index (χ1) is 8.70.